The lowest BCUT2D eigenvalue weighted by molar-refractivity contribution is -0.131. The number of thioether (sulfide) groups is 2. The molecular weight excluding hydrogens is 276 g/mol. The van der Waals surface area contributed by atoms with Crippen molar-refractivity contribution in [3.8, 4) is 0 Å². The quantitative estimate of drug-likeness (QED) is 0.649. The second-order valence-electron chi connectivity index (χ2n) is 3.63. The third-order valence-corrected chi connectivity index (χ3v) is 4.29. The molecule has 0 spiro atoms. The van der Waals surface area contributed by atoms with Gasteiger partial charge in [0.1, 0.15) is 4.91 Å². The lowest BCUT2D eigenvalue weighted by Gasteiger charge is -2.02. The van der Waals surface area contributed by atoms with Crippen LogP contribution in [-0.4, -0.2) is 11.1 Å². The van der Waals surface area contributed by atoms with Crippen molar-refractivity contribution in [2.45, 2.75) is 9.79 Å². The van der Waals surface area contributed by atoms with E-state index in [-0.39, 0.29) is 0 Å². The molecule has 0 aromatic heterocycles. The van der Waals surface area contributed by atoms with Crippen LogP contribution < -0.4 is 0 Å². The van der Waals surface area contributed by atoms with Crippen LogP contribution in [-0.2, 0) is 4.79 Å². The van der Waals surface area contributed by atoms with E-state index < -0.39 is 5.97 Å². The SMILES string of the molecule is O=C(O)/C(=C/Sc1ccccc1)Sc1ccccc1. The van der Waals surface area contributed by atoms with Crippen molar-refractivity contribution < 1.29 is 9.90 Å². The largest absolute Gasteiger partial charge is 0.477 e. The van der Waals surface area contributed by atoms with Crippen molar-refractivity contribution in [3.63, 3.8) is 0 Å². The minimum Gasteiger partial charge on any atom is -0.477 e. The van der Waals surface area contributed by atoms with E-state index in [4.69, 9.17) is 0 Å². The summed E-state index contributed by atoms with van der Waals surface area (Å²) in [6.45, 7) is 0. The molecule has 0 saturated carbocycles. The minimum absolute atomic E-state index is 0.319. The number of hydrogen-bond acceptors (Lipinski definition) is 3. The van der Waals surface area contributed by atoms with Gasteiger partial charge in [-0.25, -0.2) is 4.79 Å². The second-order valence-corrected chi connectivity index (χ2v) is 5.69. The zero-order valence-corrected chi connectivity index (χ0v) is 11.7. The number of carboxylic acid groups (broad SMARTS) is 1. The predicted octanol–water partition coefficient (Wildman–Crippen LogP) is 4.50. The maximum absolute atomic E-state index is 11.2. The van der Waals surface area contributed by atoms with Crippen LogP contribution in [0.1, 0.15) is 0 Å². The van der Waals surface area contributed by atoms with Gasteiger partial charge in [0.15, 0.2) is 0 Å². The number of benzene rings is 2. The van der Waals surface area contributed by atoms with Crippen LogP contribution in [0.4, 0.5) is 0 Å². The van der Waals surface area contributed by atoms with Gasteiger partial charge in [-0.2, -0.15) is 0 Å². The average Bonchev–Trinajstić information content (AvgIpc) is 2.45. The highest BCUT2D eigenvalue weighted by atomic mass is 32.2. The van der Waals surface area contributed by atoms with Gasteiger partial charge in [0.2, 0.25) is 0 Å². The predicted molar refractivity (Wildman–Crippen MR) is 80.3 cm³/mol. The van der Waals surface area contributed by atoms with Gasteiger partial charge < -0.3 is 5.11 Å². The van der Waals surface area contributed by atoms with E-state index in [2.05, 4.69) is 0 Å². The molecule has 0 unspecified atom stereocenters. The Hall–Kier alpha value is -1.65. The Bertz CT molecular complexity index is 565. The molecule has 2 nitrogen and oxygen atoms in total. The molecule has 2 aromatic carbocycles. The van der Waals surface area contributed by atoms with Crippen molar-refractivity contribution in [3.05, 3.63) is 71.0 Å². The summed E-state index contributed by atoms with van der Waals surface area (Å²) in [4.78, 5) is 13.5. The average molecular weight is 288 g/mol. The van der Waals surface area contributed by atoms with E-state index in [0.717, 1.165) is 9.79 Å². The molecule has 19 heavy (non-hydrogen) atoms. The number of hydrogen-bond donors (Lipinski definition) is 1. The monoisotopic (exact) mass is 288 g/mol. The number of aliphatic carboxylic acids is 1. The summed E-state index contributed by atoms with van der Waals surface area (Å²) in [7, 11) is 0. The first-order chi connectivity index (χ1) is 9.25. The molecule has 2 rings (SSSR count). The van der Waals surface area contributed by atoms with Crippen molar-refractivity contribution in [1.29, 1.82) is 0 Å². The Morgan fingerprint density at radius 2 is 1.42 bits per heavy atom. The maximum Gasteiger partial charge on any atom is 0.343 e. The first-order valence-corrected chi connectivity index (χ1v) is 7.33. The maximum atomic E-state index is 11.2. The first kappa shape index (κ1) is 13.8. The molecule has 0 aliphatic rings. The van der Waals surface area contributed by atoms with Crippen molar-refractivity contribution in [2.24, 2.45) is 0 Å². The summed E-state index contributed by atoms with van der Waals surface area (Å²) >= 11 is 2.67. The molecule has 2 aromatic rings. The Morgan fingerprint density at radius 1 is 0.895 bits per heavy atom. The van der Waals surface area contributed by atoms with Gasteiger partial charge in [0.05, 0.1) is 0 Å². The Balaban J connectivity index is 2.10. The molecule has 0 aliphatic carbocycles. The molecule has 0 aliphatic heterocycles. The molecule has 0 atom stereocenters. The van der Waals surface area contributed by atoms with Gasteiger partial charge in [-0.1, -0.05) is 59.9 Å². The van der Waals surface area contributed by atoms with Gasteiger partial charge in [-0.3, -0.25) is 0 Å². The fourth-order valence-electron chi connectivity index (χ4n) is 1.35. The van der Waals surface area contributed by atoms with Gasteiger partial charge >= 0.3 is 5.97 Å². The van der Waals surface area contributed by atoms with E-state index >= 15 is 0 Å². The molecule has 96 valence electrons. The van der Waals surface area contributed by atoms with E-state index in [9.17, 15) is 9.90 Å². The highest BCUT2D eigenvalue weighted by Gasteiger charge is 2.09. The molecule has 0 amide bonds. The smallest absolute Gasteiger partial charge is 0.343 e. The minimum atomic E-state index is -0.905. The highest BCUT2D eigenvalue weighted by Crippen LogP contribution is 2.30. The van der Waals surface area contributed by atoms with Crippen molar-refractivity contribution in [1.82, 2.24) is 0 Å². The third kappa shape index (κ3) is 4.50. The molecule has 0 heterocycles. The zero-order valence-electron chi connectivity index (χ0n) is 10.0. The fraction of sp³-hybridized carbons (Fsp3) is 0. The summed E-state index contributed by atoms with van der Waals surface area (Å²) in [5, 5.41) is 10.9. The summed E-state index contributed by atoms with van der Waals surface area (Å²) in [6.07, 6.45) is 0. The van der Waals surface area contributed by atoms with Crippen LogP contribution in [0.5, 0.6) is 0 Å². The molecule has 4 heteroatoms. The molecule has 0 radical (unpaired) electrons. The van der Waals surface area contributed by atoms with Crippen LogP contribution in [0.15, 0.2) is 80.8 Å². The number of carboxylic acids is 1. The number of carbonyl (C=O) groups is 1. The van der Waals surface area contributed by atoms with Crippen molar-refractivity contribution in [2.75, 3.05) is 0 Å². The van der Waals surface area contributed by atoms with Crippen LogP contribution in [0.25, 0.3) is 0 Å². The molecule has 0 saturated heterocycles. The summed E-state index contributed by atoms with van der Waals surface area (Å²) < 4.78 is 0. The van der Waals surface area contributed by atoms with Gasteiger partial charge in [-0.15, -0.1) is 0 Å². The van der Waals surface area contributed by atoms with Gasteiger partial charge in [0, 0.05) is 9.79 Å². The molecule has 0 bridgehead atoms. The van der Waals surface area contributed by atoms with Crippen LogP contribution in [0, 0.1) is 0 Å². The van der Waals surface area contributed by atoms with Gasteiger partial charge in [0.25, 0.3) is 0 Å². The first-order valence-electron chi connectivity index (χ1n) is 5.64. The van der Waals surface area contributed by atoms with E-state index in [1.165, 1.54) is 23.5 Å². The van der Waals surface area contributed by atoms with Crippen molar-refractivity contribution >= 4 is 29.5 Å². The van der Waals surface area contributed by atoms with Crippen LogP contribution >= 0.6 is 23.5 Å². The lowest BCUT2D eigenvalue weighted by atomic mass is 10.4. The fourth-order valence-corrected chi connectivity index (χ4v) is 2.98. The standard InChI is InChI=1S/C15H12O2S2/c16-15(17)14(19-13-9-5-2-6-10-13)11-18-12-7-3-1-4-8-12/h1-11H,(H,16,17)/b14-11-. The van der Waals surface area contributed by atoms with E-state index in [1.54, 1.807) is 5.41 Å². The molecular formula is C15H12O2S2. The number of rotatable bonds is 5. The van der Waals surface area contributed by atoms with Gasteiger partial charge in [-0.05, 0) is 29.7 Å². The third-order valence-electron chi connectivity index (χ3n) is 2.23. The van der Waals surface area contributed by atoms with E-state index in [1.807, 2.05) is 60.7 Å². The normalized spacial score (nSPS) is 11.3. The summed E-state index contributed by atoms with van der Waals surface area (Å²) in [5.41, 5.74) is 0. The Labute approximate surface area is 120 Å². The molecule has 1 N–H and O–H groups in total. The Kier molecular flexibility index (Phi) is 5.12. The summed E-state index contributed by atoms with van der Waals surface area (Å²) in [6, 6.07) is 19.2. The molecule has 0 fully saturated rings. The summed E-state index contributed by atoms with van der Waals surface area (Å²) in [5.74, 6) is -0.905. The Morgan fingerprint density at radius 3 is 1.95 bits per heavy atom. The van der Waals surface area contributed by atoms with E-state index in [0.29, 0.717) is 4.91 Å². The zero-order chi connectivity index (χ0) is 13.5. The highest BCUT2D eigenvalue weighted by molar-refractivity contribution is 8.06. The second kappa shape index (κ2) is 7.07. The van der Waals surface area contributed by atoms with Crippen LogP contribution in [0.3, 0.4) is 0 Å². The lowest BCUT2D eigenvalue weighted by Crippen LogP contribution is -1.95. The van der Waals surface area contributed by atoms with Crippen LogP contribution in [0.2, 0.25) is 0 Å². The topological polar surface area (TPSA) is 37.3 Å².